The summed E-state index contributed by atoms with van der Waals surface area (Å²) in [5.74, 6) is -0.661. The Morgan fingerprint density at radius 2 is 2.15 bits per heavy atom. The number of hydrogen-bond donors (Lipinski definition) is 1. The van der Waals surface area contributed by atoms with Gasteiger partial charge in [-0.1, -0.05) is 18.2 Å². The molecule has 5 heteroatoms. The highest BCUT2D eigenvalue weighted by atomic mass is 127. The van der Waals surface area contributed by atoms with Crippen LogP contribution >= 0.6 is 22.6 Å². The average molecular weight is 385 g/mol. The molecule has 0 spiro atoms. The van der Waals surface area contributed by atoms with E-state index in [1.165, 1.54) is 0 Å². The lowest BCUT2D eigenvalue weighted by molar-refractivity contribution is -0.139. The maximum Gasteiger partial charge on any atom is 0.336 e. The zero-order valence-electron chi connectivity index (χ0n) is 11.4. The summed E-state index contributed by atoms with van der Waals surface area (Å²) >= 11 is 2.23. The highest BCUT2D eigenvalue weighted by Gasteiger charge is 2.33. The van der Waals surface area contributed by atoms with Crippen molar-refractivity contribution in [3.63, 3.8) is 0 Å². The first-order valence-corrected chi connectivity index (χ1v) is 7.54. The second-order valence-electron chi connectivity index (χ2n) is 4.59. The molecule has 106 valence electrons. The standard InChI is InChI=1S/C15H16INO3/c1-3-20-15(19)14-9(2)17-13(18)8-11(14)10-6-4-5-7-12(10)16/h4-7,11H,3,8H2,1-2H3,(H,17,18)/t11-/m1/s1. The third-order valence-electron chi connectivity index (χ3n) is 3.24. The van der Waals surface area contributed by atoms with Crippen molar-refractivity contribution in [2.75, 3.05) is 6.61 Å². The van der Waals surface area contributed by atoms with Crippen LogP contribution in [0.4, 0.5) is 0 Å². The van der Waals surface area contributed by atoms with Gasteiger partial charge >= 0.3 is 5.97 Å². The minimum Gasteiger partial charge on any atom is -0.463 e. The van der Waals surface area contributed by atoms with Crippen LogP contribution in [0.3, 0.4) is 0 Å². The van der Waals surface area contributed by atoms with Crippen LogP contribution in [0.25, 0.3) is 0 Å². The lowest BCUT2D eigenvalue weighted by Gasteiger charge is -2.27. The predicted molar refractivity (Wildman–Crippen MR) is 84.0 cm³/mol. The molecule has 1 N–H and O–H groups in total. The minimum atomic E-state index is -0.352. The molecule has 0 unspecified atom stereocenters. The summed E-state index contributed by atoms with van der Waals surface area (Å²) < 4.78 is 6.17. The largest absolute Gasteiger partial charge is 0.463 e. The van der Waals surface area contributed by atoms with Gasteiger partial charge in [0.2, 0.25) is 5.91 Å². The molecule has 0 aliphatic carbocycles. The van der Waals surface area contributed by atoms with Crippen molar-refractivity contribution in [3.8, 4) is 0 Å². The van der Waals surface area contributed by atoms with Crippen LogP contribution in [0.2, 0.25) is 0 Å². The molecule has 0 fully saturated rings. The fraction of sp³-hybridized carbons (Fsp3) is 0.333. The molecule has 0 radical (unpaired) electrons. The molecule has 1 aromatic carbocycles. The molecule has 0 saturated heterocycles. The molecule has 20 heavy (non-hydrogen) atoms. The molecule has 0 bridgehead atoms. The van der Waals surface area contributed by atoms with Crippen molar-refractivity contribution in [1.82, 2.24) is 5.32 Å². The van der Waals surface area contributed by atoms with Crippen LogP contribution in [-0.2, 0) is 14.3 Å². The molecule has 4 nitrogen and oxygen atoms in total. The molecule has 2 rings (SSSR count). The Kier molecular flexibility index (Phi) is 4.80. The zero-order chi connectivity index (χ0) is 14.7. The third-order valence-corrected chi connectivity index (χ3v) is 4.23. The van der Waals surface area contributed by atoms with E-state index in [9.17, 15) is 9.59 Å². The predicted octanol–water partition coefficient (Wildman–Crippen LogP) is 2.73. The van der Waals surface area contributed by atoms with E-state index in [-0.39, 0.29) is 24.2 Å². The Morgan fingerprint density at radius 3 is 2.80 bits per heavy atom. The Bertz CT molecular complexity index is 580. The minimum absolute atomic E-state index is 0.0693. The SMILES string of the molecule is CCOC(=O)C1=C(C)NC(=O)C[C@@H]1c1ccccc1I. The molecule has 0 aromatic heterocycles. The average Bonchev–Trinajstić information content (AvgIpc) is 2.38. The number of benzene rings is 1. The van der Waals surface area contributed by atoms with Crippen LogP contribution < -0.4 is 5.32 Å². The Morgan fingerprint density at radius 1 is 1.45 bits per heavy atom. The molecule has 1 heterocycles. The molecule has 1 atom stereocenters. The number of halogens is 1. The van der Waals surface area contributed by atoms with Gasteiger partial charge in [-0.25, -0.2) is 4.79 Å². The number of allylic oxidation sites excluding steroid dienone is 1. The lowest BCUT2D eigenvalue weighted by atomic mass is 9.84. The van der Waals surface area contributed by atoms with Gasteiger partial charge in [-0.2, -0.15) is 0 Å². The molecular weight excluding hydrogens is 369 g/mol. The van der Waals surface area contributed by atoms with E-state index in [1.807, 2.05) is 24.3 Å². The second-order valence-corrected chi connectivity index (χ2v) is 5.75. The number of ether oxygens (including phenoxy) is 1. The number of rotatable bonds is 3. The maximum atomic E-state index is 12.2. The molecule has 1 aromatic rings. The fourth-order valence-electron chi connectivity index (χ4n) is 2.40. The van der Waals surface area contributed by atoms with Crippen molar-refractivity contribution in [2.24, 2.45) is 0 Å². The molecule has 1 amide bonds. The number of esters is 1. The van der Waals surface area contributed by atoms with Crippen LogP contribution in [0.5, 0.6) is 0 Å². The van der Waals surface area contributed by atoms with Crippen LogP contribution in [0, 0.1) is 3.57 Å². The monoisotopic (exact) mass is 385 g/mol. The van der Waals surface area contributed by atoms with Crippen molar-refractivity contribution < 1.29 is 14.3 Å². The Hall–Kier alpha value is -1.37. The summed E-state index contributed by atoms with van der Waals surface area (Å²) in [6, 6.07) is 7.79. The first-order valence-electron chi connectivity index (χ1n) is 6.46. The van der Waals surface area contributed by atoms with E-state index in [0.29, 0.717) is 17.9 Å². The summed E-state index contributed by atoms with van der Waals surface area (Å²) in [5.41, 5.74) is 2.13. The van der Waals surface area contributed by atoms with E-state index in [1.54, 1.807) is 13.8 Å². The highest BCUT2D eigenvalue weighted by molar-refractivity contribution is 14.1. The summed E-state index contributed by atoms with van der Waals surface area (Å²) in [6.45, 7) is 3.84. The van der Waals surface area contributed by atoms with E-state index in [4.69, 9.17) is 4.74 Å². The zero-order valence-corrected chi connectivity index (χ0v) is 13.6. The Balaban J connectivity index is 2.48. The van der Waals surface area contributed by atoms with Crippen molar-refractivity contribution in [3.05, 3.63) is 44.7 Å². The number of amides is 1. The summed E-state index contributed by atoms with van der Waals surface area (Å²) in [5, 5.41) is 2.73. The van der Waals surface area contributed by atoms with Gasteiger partial charge in [0.15, 0.2) is 0 Å². The molecule has 1 aliphatic rings. The number of carbonyl (C=O) groups is 2. The Labute approximate surface area is 131 Å². The quantitative estimate of drug-likeness (QED) is 0.643. The third kappa shape index (κ3) is 3.03. The van der Waals surface area contributed by atoms with E-state index >= 15 is 0 Å². The van der Waals surface area contributed by atoms with Gasteiger partial charge in [0.1, 0.15) is 0 Å². The van der Waals surface area contributed by atoms with Gasteiger partial charge in [-0.3, -0.25) is 4.79 Å². The molecular formula is C15H16INO3. The number of carbonyl (C=O) groups excluding carboxylic acids is 2. The van der Waals surface area contributed by atoms with E-state index < -0.39 is 0 Å². The highest BCUT2D eigenvalue weighted by Crippen LogP contribution is 2.35. The topological polar surface area (TPSA) is 55.4 Å². The smallest absolute Gasteiger partial charge is 0.336 e. The summed E-state index contributed by atoms with van der Waals surface area (Å²) in [4.78, 5) is 24.0. The van der Waals surface area contributed by atoms with Gasteiger partial charge in [0, 0.05) is 21.6 Å². The van der Waals surface area contributed by atoms with E-state index in [2.05, 4.69) is 27.9 Å². The van der Waals surface area contributed by atoms with Crippen molar-refractivity contribution >= 4 is 34.5 Å². The van der Waals surface area contributed by atoms with E-state index in [0.717, 1.165) is 9.13 Å². The summed E-state index contributed by atoms with van der Waals surface area (Å²) in [7, 11) is 0. The van der Waals surface area contributed by atoms with Gasteiger partial charge in [0.25, 0.3) is 0 Å². The number of nitrogens with one attached hydrogen (secondary N) is 1. The van der Waals surface area contributed by atoms with Crippen molar-refractivity contribution in [2.45, 2.75) is 26.2 Å². The number of hydrogen-bond acceptors (Lipinski definition) is 3. The molecule has 1 aliphatic heterocycles. The first-order chi connectivity index (χ1) is 9.54. The second kappa shape index (κ2) is 6.39. The van der Waals surface area contributed by atoms with Gasteiger partial charge in [0.05, 0.1) is 12.2 Å². The fourth-order valence-corrected chi connectivity index (χ4v) is 3.17. The van der Waals surface area contributed by atoms with Gasteiger partial charge < -0.3 is 10.1 Å². The lowest BCUT2D eigenvalue weighted by Crippen LogP contribution is -2.34. The van der Waals surface area contributed by atoms with Crippen LogP contribution in [0.15, 0.2) is 35.5 Å². The normalized spacial score (nSPS) is 18.8. The van der Waals surface area contributed by atoms with Gasteiger partial charge in [-0.05, 0) is 48.1 Å². The maximum absolute atomic E-state index is 12.2. The van der Waals surface area contributed by atoms with Crippen molar-refractivity contribution in [1.29, 1.82) is 0 Å². The first kappa shape index (κ1) is 15.0. The molecule has 0 saturated carbocycles. The summed E-state index contributed by atoms with van der Waals surface area (Å²) in [6.07, 6.45) is 0.269. The van der Waals surface area contributed by atoms with Crippen LogP contribution in [0.1, 0.15) is 31.7 Å². The van der Waals surface area contributed by atoms with Gasteiger partial charge in [-0.15, -0.1) is 0 Å². The van der Waals surface area contributed by atoms with Crippen LogP contribution in [-0.4, -0.2) is 18.5 Å².